The Morgan fingerprint density at radius 1 is 1.28 bits per heavy atom. The number of carbonyl (C=O) groups excluding carboxylic acids is 1. The summed E-state index contributed by atoms with van der Waals surface area (Å²) in [6.07, 6.45) is 5.23. The van der Waals surface area contributed by atoms with Crippen LogP contribution in [0.5, 0.6) is 0 Å². The molecule has 0 aliphatic heterocycles. The van der Waals surface area contributed by atoms with Crippen molar-refractivity contribution in [3.63, 3.8) is 0 Å². The van der Waals surface area contributed by atoms with Crippen molar-refractivity contribution in [3.8, 4) is 5.69 Å². The van der Waals surface area contributed by atoms with Gasteiger partial charge in [0.25, 0.3) is 5.91 Å². The molecule has 1 aliphatic carbocycles. The fourth-order valence-corrected chi connectivity index (χ4v) is 3.40. The smallest absolute Gasteiger partial charge is 0.251 e. The molecule has 25 heavy (non-hydrogen) atoms. The fraction of sp³-hybridized carbons (Fsp3) is 0.200. The number of rotatable bonds is 3. The lowest BCUT2D eigenvalue weighted by molar-refractivity contribution is 0.0858. The number of fused-ring (bicyclic) bond motifs is 1. The van der Waals surface area contributed by atoms with Crippen molar-refractivity contribution in [1.29, 1.82) is 0 Å². The van der Waals surface area contributed by atoms with Crippen molar-refractivity contribution in [1.82, 2.24) is 14.9 Å². The monoisotopic (exact) mass is 333 g/mol. The molecule has 0 saturated carbocycles. The van der Waals surface area contributed by atoms with Crippen molar-refractivity contribution in [3.05, 3.63) is 83.4 Å². The minimum Gasteiger partial charge on any atom is -0.390 e. The highest BCUT2D eigenvalue weighted by molar-refractivity contribution is 5.95. The van der Waals surface area contributed by atoms with Gasteiger partial charge in [0.2, 0.25) is 0 Å². The van der Waals surface area contributed by atoms with Crippen LogP contribution in [0.1, 0.15) is 33.1 Å². The van der Waals surface area contributed by atoms with E-state index in [-0.39, 0.29) is 11.9 Å². The Hall–Kier alpha value is -2.92. The lowest BCUT2D eigenvalue weighted by Crippen LogP contribution is -2.33. The van der Waals surface area contributed by atoms with Gasteiger partial charge in [-0.05, 0) is 35.7 Å². The van der Waals surface area contributed by atoms with Gasteiger partial charge >= 0.3 is 0 Å². The zero-order valence-corrected chi connectivity index (χ0v) is 13.9. The molecule has 0 saturated heterocycles. The molecule has 2 atom stereocenters. The molecule has 1 heterocycles. The van der Waals surface area contributed by atoms with E-state index in [0.717, 1.165) is 22.4 Å². The average Bonchev–Trinajstić information content (AvgIpc) is 3.24. The van der Waals surface area contributed by atoms with Gasteiger partial charge in [-0.1, -0.05) is 30.3 Å². The molecule has 5 nitrogen and oxygen atoms in total. The third-order valence-corrected chi connectivity index (χ3v) is 4.74. The minimum absolute atomic E-state index is 0.192. The number of aromatic nitrogens is 2. The molecular weight excluding hydrogens is 314 g/mol. The standard InChI is InChI=1S/C20H19N3O2/c1-13-6-7-15(10-17(13)23-9-8-21-12-23)20(25)22-19-16-5-3-2-4-14(16)11-18(19)24/h2-10,12,18-19,24H,11H2,1H3,(H,22,25)/t18-,19-/m0/s1. The van der Waals surface area contributed by atoms with E-state index in [2.05, 4.69) is 10.3 Å². The zero-order valence-electron chi connectivity index (χ0n) is 13.9. The van der Waals surface area contributed by atoms with E-state index in [1.165, 1.54) is 0 Å². The van der Waals surface area contributed by atoms with Gasteiger partial charge in [-0.15, -0.1) is 0 Å². The first-order valence-electron chi connectivity index (χ1n) is 8.29. The second-order valence-electron chi connectivity index (χ2n) is 6.39. The number of aryl methyl sites for hydroxylation is 1. The number of nitrogens with zero attached hydrogens (tertiary/aromatic N) is 2. The molecule has 2 N–H and O–H groups in total. The molecule has 126 valence electrons. The molecule has 0 unspecified atom stereocenters. The Morgan fingerprint density at radius 2 is 2.12 bits per heavy atom. The van der Waals surface area contributed by atoms with Gasteiger partial charge in [-0.25, -0.2) is 4.98 Å². The van der Waals surface area contributed by atoms with Crippen LogP contribution in [0.15, 0.2) is 61.2 Å². The number of hydrogen-bond acceptors (Lipinski definition) is 3. The number of imidazole rings is 1. The number of aliphatic hydroxyl groups excluding tert-OH is 1. The van der Waals surface area contributed by atoms with E-state index < -0.39 is 6.10 Å². The van der Waals surface area contributed by atoms with Crippen molar-refractivity contribution < 1.29 is 9.90 Å². The summed E-state index contributed by atoms with van der Waals surface area (Å²) in [6, 6.07) is 13.0. The van der Waals surface area contributed by atoms with E-state index in [9.17, 15) is 9.90 Å². The van der Waals surface area contributed by atoms with Crippen LogP contribution in [0.4, 0.5) is 0 Å². The fourth-order valence-electron chi connectivity index (χ4n) is 3.40. The Balaban J connectivity index is 1.61. The molecular formula is C20H19N3O2. The Morgan fingerprint density at radius 3 is 2.92 bits per heavy atom. The molecule has 3 aromatic rings. The third-order valence-electron chi connectivity index (χ3n) is 4.74. The highest BCUT2D eigenvalue weighted by atomic mass is 16.3. The summed E-state index contributed by atoms with van der Waals surface area (Å²) >= 11 is 0. The lowest BCUT2D eigenvalue weighted by atomic mass is 10.1. The van der Waals surface area contributed by atoms with Crippen LogP contribution in [0, 0.1) is 6.92 Å². The van der Waals surface area contributed by atoms with E-state index in [1.54, 1.807) is 18.6 Å². The van der Waals surface area contributed by atoms with Crippen LogP contribution in [-0.2, 0) is 6.42 Å². The molecule has 0 radical (unpaired) electrons. The van der Waals surface area contributed by atoms with Crippen molar-refractivity contribution in [2.75, 3.05) is 0 Å². The predicted molar refractivity (Wildman–Crippen MR) is 94.7 cm³/mol. The van der Waals surface area contributed by atoms with E-state index in [4.69, 9.17) is 0 Å². The van der Waals surface area contributed by atoms with Gasteiger partial charge in [-0.2, -0.15) is 0 Å². The molecule has 0 bridgehead atoms. The normalized spacial score (nSPS) is 18.8. The summed E-state index contributed by atoms with van der Waals surface area (Å²) in [6.45, 7) is 1.99. The summed E-state index contributed by atoms with van der Waals surface area (Å²) < 4.78 is 1.88. The topological polar surface area (TPSA) is 67.2 Å². The third kappa shape index (κ3) is 2.83. The van der Waals surface area contributed by atoms with Crippen molar-refractivity contribution >= 4 is 5.91 Å². The predicted octanol–water partition coefficient (Wildman–Crippen LogP) is 2.57. The Bertz CT molecular complexity index is 918. The second kappa shape index (κ2) is 6.18. The molecule has 1 amide bonds. The van der Waals surface area contributed by atoms with Crippen molar-refractivity contribution in [2.24, 2.45) is 0 Å². The second-order valence-corrected chi connectivity index (χ2v) is 6.39. The summed E-state index contributed by atoms with van der Waals surface area (Å²) in [7, 11) is 0. The van der Waals surface area contributed by atoms with Gasteiger partial charge in [0.1, 0.15) is 0 Å². The quantitative estimate of drug-likeness (QED) is 0.774. The average molecular weight is 333 g/mol. The SMILES string of the molecule is Cc1ccc(C(=O)N[C@H]2c3ccccc3C[C@@H]2O)cc1-n1ccnc1. The Labute approximate surface area is 146 Å². The van der Waals surface area contributed by atoms with Crippen LogP contribution in [0.3, 0.4) is 0 Å². The number of amides is 1. The number of hydrogen-bond donors (Lipinski definition) is 2. The first-order chi connectivity index (χ1) is 12.1. The van der Waals surface area contributed by atoms with Crippen LogP contribution >= 0.6 is 0 Å². The first-order valence-corrected chi connectivity index (χ1v) is 8.29. The van der Waals surface area contributed by atoms with Crippen LogP contribution in [0.25, 0.3) is 5.69 Å². The molecule has 2 aromatic carbocycles. The highest BCUT2D eigenvalue weighted by Crippen LogP contribution is 2.31. The molecule has 4 rings (SSSR count). The number of benzene rings is 2. The molecule has 0 fully saturated rings. The molecule has 5 heteroatoms. The van der Waals surface area contributed by atoms with Crippen LogP contribution in [0.2, 0.25) is 0 Å². The largest absolute Gasteiger partial charge is 0.390 e. The zero-order chi connectivity index (χ0) is 17.4. The summed E-state index contributed by atoms with van der Waals surface area (Å²) in [5.74, 6) is -0.192. The van der Waals surface area contributed by atoms with Gasteiger partial charge in [-0.3, -0.25) is 4.79 Å². The maximum Gasteiger partial charge on any atom is 0.251 e. The van der Waals surface area contributed by atoms with Gasteiger partial charge in [0, 0.05) is 24.4 Å². The lowest BCUT2D eigenvalue weighted by Gasteiger charge is -2.18. The maximum absolute atomic E-state index is 12.7. The van der Waals surface area contributed by atoms with Gasteiger partial charge < -0.3 is 15.0 Å². The number of carbonyl (C=O) groups is 1. The summed E-state index contributed by atoms with van der Waals surface area (Å²) in [5.41, 5.74) is 4.61. The number of nitrogens with one attached hydrogen (secondary N) is 1. The molecule has 0 spiro atoms. The first kappa shape index (κ1) is 15.6. The van der Waals surface area contributed by atoms with Crippen molar-refractivity contribution in [2.45, 2.75) is 25.5 Å². The summed E-state index contributed by atoms with van der Waals surface area (Å²) in [5, 5.41) is 13.3. The summed E-state index contributed by atoms with van der Waals surface area (Å²) in [4.78, 5) is 16.8. The molecule has 1 aliphatic rings. The van der Waals surface area contributed by atoms with Crippen LogP contribution in [-0.4, -0.2) is 26.7 Å². The maximum atomic E-state index is 12.7. The van der Waals surface area contributed by atoms with E-state index >= 15 is 0 Å². The van der Waals surface area contributed by atoms with Gasteiger partial charge in [0.05, 0.1) is 24.2 Å². The highest BCUT2D eigenvalue weighted by Gasteiger charge is 2.32. The minimum atomic E-state index is -0.597. The van der Waals surface area contributed by atoms with E-state index in [1.807, 2.05) is 54.1 Å². The van der Waals surface area contributed by atoms with Crippen LogP contribution < -0.4 is 5.32 Å². The van der Waals surface area contributed by atoms with E-state index in [0.29, 0.717) is 12.0 Å². The van der Waals surface area contributed by atoms with Gasteiger partial charge in [0.15, 0.2) is 0 Å². The molecule has 1 aromatic heterocycles. The number of aliphatic hydroxyl groups is 1. The Kier molecular flexibility index (Phi) is 3.86.